The molecule has 2 heterocycles. The zero-order valence-electron chi connectivity index (χ0n) is 19.0. The average Bonchev–Trinajstić information content (AvgIpc) is 3.25. The molecule has 0 saturated carbocycles. The van der Waals surface area contributed by atoms with E-state index < -0.39 is 5.60 Å². The number of nitrogens with zero attached hydrogens (tertiary/aromatic N) is 1. The first-order valence-corrected chi connectivity index (χ1v) is 11.7. The minimum absolute atomic E-state index is 0.268. The van der Waals surface area contributed by atoms with Crippen LogP contribution in [-0.2, 0) is 23.4 Å². The first kappa shape index (κ1) is 22.4. The fourth-order valence-electron chi connectivity index (χ4n) is 4.91. The maximum absolute atomic E-state index is 13.6. The first-order valence-electron chi connectivity index (χ1n) is 11.7. The summed E-state index contributed by atoms with van der Waals surface area (Å²) in [7, 11) is 0. The van der Waals surface area contributed by atoms with Crippen LogP contribution in [0.3, 0.4) is 0 Å². The van der Waals surface area contributed by atoms with Gasteiger partial charge in [0.25, 0.3) is 0 Å². The molecule has 1 N–H and O–H groups in total. The molecule has 1 unspecified atom stereocenters. The van der Waals surface area contributed by atoms with Gasteiger partial charge in [-0.25, -0.2) is 4.39 Å². The van der Waals surface area contributed by atoms with Crippen LogP contribution >= 0.6 is 0 Å². The molecule has 0 aliphatic carbocycles. The van der Waals surface area contributed by atoms with Crippen LogP contribution in [0.1, 0.15) is 40.7 Å². The lowest BCUT2D eigenvalue weighted by atomic mass is 9.81. The van der Waals surface area contributed by atoms with Gasteiger partial charge in [-0.15, -0.1) is 0 Å². The molecular weight excluding hydrogens is 431 g/mol. The number of hydrogen-bond donors (Lipinski definition) is 1. The van der Waals surface area contributed by atoms with Crippen LogP contribution in [0.25, 0.3) is 0 Å². The lowest BCUT2D eigenvalue weighted by Crippen LogP contribution is -2.29. The molecule has 3 aromatic rings. The summed E-state index contributed by atoms with van der Waals surface area (Å²) < 4.78 is 31.5. The smallest absolute Gasteiger partial charge is 0.164 e. The fraction of sp³-hybridized carbons (Fsp3) is 0.321. The molecule has 0 bridgehead atoms. The summed E-state index contributed by atoms with van der Waals surface area (Å²) in [5.41, 5.74) is 4.15. The van der Waals surface area contributed by atoms with Gasteiger partial charge in [-0.1, -0.05) is 30.3 Å². The topological polar surface area (TPSA) is 63.5 Å². The Labute approximate surface area is 199 Å². The minimum atomic E-state index is -0.637. The summed E-state index contributed by atoms with van der Waals surface area (Å²) in [6.45, 7) is 3.27. The second kappa shape index (κ2) is 9.84. The van der Waals surface area contributed by atoms with Gasteiger partial charge < -0.3 is 19.5 Å². The summed E-state index contributed by atoms with van der Waals surface area (Å²) in [6.07, 6.45) is 2.48. The van der Waals surface area contributed by atoms with Crippen molar-refractivity contribution in [2.75, 3.05) is 26.3 Å². The van der Waals surface area contributed by atoms with E-state index in [1.807, 2.05) is 30.3 Å². The van der Waals surface area contributed by atoms with Gasteiger partial charge in [-0.2, -0.15) is 5.26 Å². The molecule has 0 saturated heterocycles. The van der Waals surface area contributed by atoms with Crippen LogP contribution in [-0.4, -0.2) is 26.3 Å². The van der Waals surface area contributed by atoms with Crippen molar-refractivity contribution in [2.45, 2.75) is 31.5 Å². The van der Waals surface area contributed by atoms with Crippen LogP contribution in [0, 0.1) is 17.1 Å². The summed E-state index contributed by atoms with van der Waals surface area (Å²) in [4.78, 5) is 0. The number of nitrogens with one attached hydrogen (secondary N) is 1. The minimum Gasteiger partial charge on any atom is -0.486 e. The number of rotatable bonds is 8. The van der Waals surface area contributed by atoms with E-state index in [2.05, 4.69) is 17.5 Å². The van der Waals surface area contributed by atoms with Gasteiger partial charge in [0.2, 0.25) is 0 Å². The van der Waals surface area contributed by atoms with Crippen molar-refractivity contribution >= 4 is 0 Å². The Balaban J connectivity index is 1.24. The summed E-state index contributed by atoms with van der Waals surface area (Å²) in [5, 5.41) is 12.8. The quantitative estimate of drug-likeness (QED) is 0.489. The summed E-state index contributed by atoms with van der Waals surface area (Å²) in [6, 6.07) is 20.5. The molecule has 2 aliphatic heterocycles. The Bertz CT molecular complexity index is 1210. The monoisotopic (exact) mass is 458 g/mol. The van der Waals surface area contributed by atoms with Gasteiger partial charge in [0, 0.05) is 0 Å². The van der Waals surface area contributed by atoms with Crippen LogP contribution < -0.4 is 14.8 Å². The molecule has 3 aromatic carbocycles. The highest BCUT2D eigenvalue weighted by molar-refractivity contribution is 5.48. The average molecular weight is 459 g/mol. The predicted molar refractivity (Wildman–Crippen MR) is 126 cm³/mol. The number of para-hydroxylation sites is 1. The SMILES string of the molecule is N#Cc1ccc2c(c1)COC2(CCCNCCc1cccc2c1OCCO2)c1ccc(F)cc1. The second-order valence-electron chi connectivity index (χ2n) is 8.65. The maximum Gasteiger partial charge on any atom is 0.164 e. The van der Waals surface area contributed by atoms with E-state index in [0.717, 1.165) is 66.1 Å². The molecule has 1 atom stereocenters. The molecular formula is C28H27FN2O3. The van der Waals surface area contributed by atoms with Gasteiger partial charge >= 0.3 is 0 Å². The third-order valence-corrected chi connectivity index (χ3v) is 6.56. The van der Waals surface area contributed by atoms with Crippen LogP contribution in [0.2, 0.25) is 0 Å². The molecule has 2 aliphatic rings. The van der Waals surface area contributed by atoms with E-state index in [0.29, 0.717) is 25.4 Å². The van der Waals surface area contributed by atoms with E-state index in [1.165, 1.54) is 12.1 Å². The molecule has 0 aromatic heterocycles. The number of ether oxygens (including phenoxy) is 3. The van der Waals surface area contributed by atoms with Gasteiger partial charge in [-0.3, -0.25) is 0 Å². The van der Waals surface area contributed by atoms with Crippen molar-refractivity contribution < 1.29 is 18.6 Å². The van der Waals surface area contributed by atoms with Crippen LogP contribution in [0.4, 0.5) is 4.39 Å². The second-order valence-corrected chi connectivity index (χ2v) is 8.65. The molecule has 0 radical (unpaired) electrons. The number of benzene rings is 3. The van der Waals surface area contributed by atoms with Crippen molar-refractivity contribution in [1.82, 2.24) is 5.32 Å². The molecule has 5 rings (SSSR count). The van der Waals surface area contributed by atoms with Crippen LogP contribution in [0.15, 0.2) is 60.7 Å². The van der Waals surface area contributed by atoms with E-state index in [1.54, 1.807) is 12.1 Å². The largest absolute Gasteiger partial charge is 0.486 e. The molecule has 34 heavy (non-hydrogen) atoms. The van der Waals surface area contributed by atoms with E-state index in [4.69, 9.17) is 14.2 Å². The highest BCUT2D eigenvalue weighted by atomic mass is 19.1. The lowest BCUT2D eigenvalue weighted by Gasteiger charge is -2.31. The van der Waals surface area contributed by atoms with Crippen molar-refractivity contribution in [2.24, 2.45) is 0 Å². The van der Waals surface area contributed by atoms with E-state index in [-0.39, 0.29) is 5.82 Å². The van der Waals surface area contributed by atoms with Gasteiger partial charge in [0.1, 0.15) is 24.6 Å². The van der Waals surface area contributed by atoms with E-state index >= 15 is 0 Å². The number of fused-ring (bicyclic) bond motifs is 2. The highest BCUT2D eigenvalue weighted by Crippen LogP contribution is 2.45. The Morgan fingerprint density at radius 3 is 2.71 bits per heavy atom. The molecule has 0 spiro atoms. The van der Waals surface area contributed by atoms with Gasteiger partial charge in [0.05, 0.1) is 18.2 Å². The van der Waals surface area contributed by atoms with Crippen molar-refractivity contribution in [3.05, 3.63) is 94.3 Å². The van der Waals surface area contributed by atoms with Crippen molar-refractivity contribution in [1.29, 1.82) is 5.26 Å². The Hall–Kier alpha value is -3.40. The number of halogens is 1. The molecule has 0 fully saturated rings. The predicted octanol–water partition coefficient (Wildman–Crippen LogP) is 4.85. The Morgan fingerprint density at radius 2 is 1.85 bits per heavy atom. The fourth-order valence-corrected chi connectivity index (χ4v) is 4.91. The van der Waals surface area contributed by atoms with Crippen LogP contribution in [0.5, 0.6) is 11.5 Å². The number of hydrogen-bond acceptors (Lipinski definition) is 5. The first-order chi connectivity index (χ1) is 16.7. The summed E-state index contributed by atoms with van der Waals surface area (Å²) in [5.74, 6) is 1.41. The zero-order chi connectivity index (χ0) is 23.4. The summed E-state index contributed by atoms with van der Waals surface area (Å²) >= 11 is 0. The number of nitriles is 1. The highest BCUT2D eigenvalue weighted by Gasteiger charge is 2.41. The van der Waals surface area contributed by atoms with Gasteiger partial charge in [0.15, 0.2) is 11.5 Å². The van der Waals surface area contributed by atoms with Crippen molar-refractivity contribution in [3.8, 4) is 17.6 Å². The van der Waals surface area contributed by atoms with Crippen molar-refractivity contribution in [3.63, 3.8) is 0 Å². The maximum atomic E-state index is 13.6. The molecule has 6 heteroatoms. The normalized spacial score (nSPS) is 18.4. The molecule has 5 nitrogen and oxygen atoms in total. The van der Waals surface area contributed by atoms with E-state index in [9.17, 15) is 9.65 Å². The Morgan fingerprint density at radius 1 is 1.00 bits per heavy atom. The third-order valence-electron chi connectivity index (χ3n) is 6.56. The van der Waals surface area contributed by atoms with Gasteiger partial charge in [-0.05, 0) is 84.9 Å². The third kappa shape index (κ3) is 4.37. The lowest BCUT2D eigenvalue weighted by molar-refractivity contribution is -0.0129. The molecule has 174 valence electrons. The Kier molecular flexibility index (Phi) is 6.48. The standard InChI is InChI=1S/C28H27FN2O3/c29-24-8-6-23(7-9-24)28(25-10-5-20(18-30)17-22(25)19-34-28)12-2-13-31-14-11-21-3-1-4-26-27(21)33-16-15-32-26/h1,3-10,17,31H,2,11-16,19H2. The molecule has 0 amide bonds. The zero-order valence-corrected chi connectivity index (χ0v) is 19.0.